The van der Waals surface area contributed by atoms with Gasteiger partial charge in [0.1, 0.15) is 0 Å². The van der Waals surface area contributed by atoms with Gasteiger partial charge in [0.05, 0.1) is 12.2 Å². The van der Waals surface area contributed by atoms with Gasteiger partial charge in [-0.2, -0.15) is 0 Å². The van der Waals surface area contributed by atoms with Crippen LogP contribution in [-0.4, -0.2) is 25.3 Å². The molecule has 0 N–H and O–H groups in total. The molecule has 3 nitrogen and oxygen atoms in total. The third-order valence-electron chi connectivity index (χ3n) is 1.78. The van der Waals surface area contributed by atoms with Gasteiger partial charge in [-0.1, -0.05) is 0 Å². The lowest BCUT2D eigenvalue weighted by Gasteiger charge is -2.22. The Labute approximate surface area is 74.0 Å². The summed E-state index contributed by atoms with van der Waals surface area (Å²) in [6.45, 7) is 5.94. The van der Waals surface area contributed by atoms with Crippen molar-refractivity contribution in [1.82, 2.24) is 0 Å². The zero-order valence-electron chi connectivity index (χ0n) is 8.35. The molecule has 72 valence electrons. The maximum absolute atomic E-state index is 10.4. The fourth-order valence-electron chi connectivity index (χ4n) is 0.816. The van der Waals surface area contributed by atoms with Crippen LogP contribution in [0.5, 0.6) is 0 Å². The lowest BCUT2D eigenvalue weighted by molar-refractivity contribution is -0.141. The van der Waals surface area contributed by atoms with Gasteiger partial charge < -0.3 is 9.47 Å². The zero-order valence-corrected chi connectivity index (χ0v) is 8.35. The third-order valence-corrected chi connectivity index (χ3v) is 1.78. The van der Waals surface area contributed by atoms with Crippen LogP contribution >= 0.6 is 0 Å². The molecular weight excluding hydrogens is 156 g/mol. The first-order valence-corrected chi connectivity index (χ1v) is 4.16. The van der Waals surface area contributed by atoms with Crippen LogP contribution in [0.4, 0.5) is 0 Å². The predicted octanol–water partition coefficient (Wildman–Crippen LogP) is 1.75. The third kappa shape index (κ3) is 6.16. The molecule has 0 aliphatic carbocycles. The van der Waals surface area contributed by atoms with E-state index in [1.807, 2.05) is 13.8 Å². The summed E-state index contributed by atoms with van der Waals surface area (Å²) >= 11 is 0. The van der Waals surface area contributed by atoms with Gasteiger partial charge in [0, 0.05) is 14.0 Å². The van der Waals surface area contributed by atoms with Crippen LogP contribution in [0.1, 0.15) is 33.6 Å². The Morgan fingerprint density at radius 2 is 2.00 bits per heavy atom. The number of ether oxygens (including phenoxy) is 2. The van der Waals surface area contributed by atoms with Crippen molar-refractivity contribution in [3.05, 3.63) is 0 Å². The second-order valence-corrected chi connectivity index (χ2v) is 3.41. The zero-order chi connectivity index (χ0) is 9.61. The fourth-order valence-corrected chi connectivity index (χ4v) is 0.816. The summed E-state index contributed by atoms with van der Waals surface area (Å²) in [4.78, 5) is 10.4. The summed E-state index contributed by atoms with van der Waals surface area (Å²) < 4.78 is 9.99. The van der Waals surface area contributed by atoms with E-state index in [9.17, 15) is 4.79 Å². The number of carbonyl (C=O) groups excluding carboxylic acids is 1. The quantitative estimate of drug-likeness (QED) is 0.470. The number of rotatable bonds is 5. The number of hydrogen-bond acceptors (Lipinski definition) is 3. The molecule has 0 heterocycles. The van der Waals surface area contributed by atoms with Gasteiger partial charge in [-0.25, -0.2) is 0 Å². The average Bonchev–Trinajstić information content (AvgIpc) is 1.98. The number of carbonyl (C=O) groups is 1. The number of hydrogen-bond donors (Lipinski definition) is 0. The molecule has 0 aromatic heterocycles. The molecule has 0 rings (SSSR count). The van der Waals surface area contributed by atoms with Crippen LogP contribution in [0.2, 0.25) is 0 Å². The molecule has 0 aliphatic heterocycles. The van der Waals surface area contributed by atoms with E-state index in [4.69, 9.17) is 9.47 Å². The second kappa shape index (κ2) is 5.14. The number of esters is 1. The van der Waals surface area contributed by atoms with Crippen molar-refractivity contribution >= 4 is 5.97 Å². The highest BCUT2D eigenvalue weighted by molar-refractivity contribution is 5.65. The summed E-state index contributed by atoms with van der Waals surface area (Å²) in [6, 6.07) is 0. The lowest BCUT2D eigenvalue weighted by atomic mass is 10.0. The molecule has 0 saturated carbocycles. The van der Waals surface area contributed by atoms with Gasteiger partial charge in [-0.3, -0.25) is 4.79 Å². The van der Waals surface area contributed by atoms with Crippen LogP contribution in [0.3, 0.4) is 0 Å². The van der Waals surface area contributed by atoms with Crippen molar-refractivity contribution in [3.63, 3.8) is 0 Å². The molecule has 0 saturated heterocycles. The van der Waals surface area contributed by atoms with Gasteiger partial charge in [0.25, 0.3) is 0 Å². The molecule has 0 aromatic carbocycles. The predicted molar refractivity (Wildman–Crippen MR) is 47.0 cm³/mol. The van der Waals surface area contributed by atoms with Gasteiger partial charge in [0.15, 0.2) is 0 Å². The Bertz CT molecular complexity index is 141. The summed E-state index contributed by atoms with van der Waals surface area (Å²) in [6.07, 6.45) is 1.75. The summed E-state index contributed by atoms with van der Waals surface area (Å²) in [5.74, 6) is -0.217. The fraction of sp³-hybridized carbons (Fsp3) is 0.889. The molecular formula is C9H18O3. The monoisotopic (exact) mass is 174 g/mol. The Morgan fingerprint density at radius 3 is 2.42 bits per heavy atom. The highest BCUT2D eigenvalue weighted by Crippen LogP contribution is 2.14. The first kappa shape index (κ1) is 11.4. The molecule has 0 aliphatic rings. The van der Waals surface area contributed by atoms with Crippen LogP contribution in [0.25, 0.3) is 0 Å². The molecule has 0 atom stereocenters. The van der Waals surface area contributed by atoms with E-state index >= 15 is 0 Å². The average molecular weight is 174 g/mol. The first-order valence-electron chi connectivity index (χ1n) is 4.16. The first-order chi connectivity index (χ1) is 5.48. The van der Waals surface area contributed by atoms with Crippen LogP contribution in [0, 0.1) is 0 Å². The van der Waals surface area contributed by atoms with Crippen molar-refractivity contribution in [1.29, 1.82) is 0 Å². The summed E-state index contributed by atoms with van der Waals surface area (Å²) in [5.41, 5.74) is -0.111. The standard InChI is InChI=1S/C9H18O3/c1-8(10)12-7-5-6-9(2,3)11-4/h5-7H2,1-4H3. The van der Waals surface area contributed by atoms with Crippen molar-refractivity contribution < 1.29 is 14.3 Å². The minimum atomic E-state index is -0.217. The van der Waals surface area contributed by atoms with E-state index in [1.165, 1.54) is 6.92 Å². The Hall–Kier alpha value is -0.570. The topological polar surface area (TPSA) is 35.5 Å². The molecule has 0 spiro atoms. The molecule has 0 amide bonds. The molecule has 12 heavy (non-hydrogen) atoms. The summed E-state index contributed by atoms with van der Waals surface area (Å²) in [5, 5.41) is 0. The SMILES string of the molecule is COC(C)(C)CCCOC(C)=O. The molecule has 0 radical (unpaired) electrons. The summed E-state index contributed by atoms with van der Waals surface area (Å²) in [7, 11) is 1.69. The van der Waals surface area contributed by atoms with Crippen molar-refractivity contribution in [2.75, 3.05) is 13.7 Å². The Kier molecular flexibility index (Phi) is 4.90. The second-order valence-electron chi connectivity index (χ2n) is 3.41. The normalized spacial score (nSPS) is 11.3. The van der Waals surface area contributed by atoms with Crippen molar-refractivity contribution in [3.8, 4) is 0 Å². The van der Waals surface area contributed by atoms with Crippen molar-refractivity contribution in [2.24, 2.45) is 0 Å². The Morgan fingerprint density at radius 1 is 1.42 bits per heavy atom. The highest BCUT2D eigenvalue weighted by Gasteiger charge is 2.15. The molecule has 0 fully saturated rings. The van der Waals surface area contributed by atoms with Crippen LogP contribution in [0.15, 0.2) is 0 Å². The molecule has 0 unspecified atom stereocenters. The van der Waals surface area contributed by atoms with E-state index < -0.39 is 0 Å². The van der Waals surface area contributed by atoms with Gasteiger partial charge in [-0.05, 0) is 26.7 Å². The molecule has 0 aromatic rings. The van der Waals surface area contributed by atoms with Crippen LogP contribution in [-0.2, 0) is 14.3 Å². The largest absolute Gasteiger partial charge is 0.466 e. The van der Waals surface area contributed by atoms with E-state index in [2.05, 4.69) is 0 Å². The van der Waals surface area contributed by atoms with E-state index in [-0.39, 0.29) is 11.6 Å². The lowest BCUT2D eigenvalue weighted by Crippen LogP contribution is -2.22. The molecule has 3 heteroatoms. The Balaban J connectivity index is 3.37. The minimum absolute atomic E-state index is 0.111. The highest BCUT2D eigenvalue weighted by atomic mass is 16.5. The van der Waals surface area contributed by atoms with E-state index in [0.29, 0.717) is 6.61 Å². The van der Waals surface area contributed by atoms with E-state index in [0.717, 1.165) is 12.8 Å². The minimum Gasteiger partial charge on any atom is -0.466 e. The maximum Gasteiger partial charge on any atom is 0.302 e. The molecule has 0 bridgehead atoms. The van der Waals surface area contributed by atoms with E-state index in [1.54, 1.807) is 7.11 Å². The number of methoxy groups -OCH3 is 1. The van der Waals surface area contributed by atoms with Crippen molar-refractivity contribution in [2.45, 2.75) is 39.2 Å². The van der Waals surface area contributed by atoms with Gasteiger partial charge >= 0.3 is 5.97 Å². The van der Waals surface area contributed by atoms with Crippen LogP contribution < -0.4 is 0 Å². The smallest absolute Gasteiger partial charge is 0.302 e. The van der Waals surface area contributed by atoms with Gasteiger partial charge in [0.2, 0.25) is 0 Å². The maximum atomic E-state index is 10.4. The van der Waals surface area contributed by atoms with Gasteiger partial charge in [-0.15, -0.1) is 0 Å².